The minimum Gasteiger partial charge on any atom is -0.491 e. The highest BCUT2D eigenvalue weighted by atomic mass is 32.1. The van der Waals surface area contributed by atoms with Gasteiger partial charge in [0.1, 0.15) is 23.9 Å². The van der Waals surface area contributed by atoms with Gasteiger partial charge in [0.05, 0.1) is 36.3 Å². The van der Waals surface area contributed by atoms with Crippen molar-refractivity contribution in [3.63, 3.8) is 0 Å². The Morgan fingerprint density at radius 2 is 1.53 bits per heavy atom. The van der Waals surface area contributed by atoms with Gasteiger partial charge in [-0.25, -0.2) is 9.99 Å². The van der Waals surface area contributed by atoms with Crippen LogP contribution in [0.2, 0.25) is 0 Å². The summed E-state index contributed by atoms with van der Waals surface area (Å²) in [5.41, 5.74) is 3.21. The number of thiazole rings is 1. The predicted molar refractivity (Wildman–Crippen MR) is 237 cm³/mol. The van der Waals surface area contributed by atoms with Gasteiger partial charge in [-0.3, -0.25) is 10.8 Å². The van der Waals surface area contributed by atoms with Crippen LogP contribution in [-0.2, 0) is 4.74 Å². The second-order valence-electron chi connectivity index (χ2n) is 15.8. The molecule has 2 aliphatic rings. The van der Waals surface area contributed by atoms with Crippen molar-refractivity contribution >= 4 is 44.7 Å². The Morgan fingerprint density at radius 3 is 2.24 bits per heavy atom. The van der Waals surface area contributed by atoms with Crippen LogP contribution >= 0.6 is 11.3 Å². The molecule has 0 bridgehead atoms. The molecule has 2 aliphatic carbocycles. The fourth-order valence-electron chi connectivity index (χ4n) is 8.22. The number of nitrogens with zero attached hydrogens (tertiary/aromatic N) is 3. The van der Waals surface area contributed by atoms with Crippen LogP contribution in [0.1, 0.15) is 121 Å². The van der Waals surface area contributed by atoms with Crippen LogP contribution in [0.3, 0.4) is 0 Å². The summed E-state index contributed by atoms with van der Waals surface area (Å²) in [5, 5.41) is 34.7. The van der Waals surface area contributed by atoms with Gasteiger partial charge in [-0.1, -0.05) is 75.5 Å². The van der Waals surface area contributed by atoms with Gasteiger partial charge in [0, 0.05) is 23.9 Å². The number of benzene rings is 3. The Hall–Kier alpha value is -4.32. The Labute approximate surface area is 349 Å². The van der Waals surface area contributed by atoms with E-state index in [0.29, 0.717) is 43.0 Å². The first-order valence-corrected chi connectivity index (χ1v) is 22.5. The maximum Gasteiger partial charge on any atom is 0.207 e. The van der Waals surface area contributed by atoms with Crippen molar-refractivity contribution < 1.29 is 24.1 Å². The summed E-state index contributed by atoms with van der Waals surface area (Å²) in [6.07, 6.45) is 17.1. The molecule has 0 amide bonds. The van der Waals surface area contributed by atoms with E-state index in [0.717, 1.165) is 71.9 Å². The Balaban J connectivity index is 1.11. The molecule has 2 fully saturated rings. The minimum absolute atomic E-state index is 0.00704. The van der Waals surface area contributed by atoms with Crippen LogP contribution < -0.4 is 19.2 Å². The number of aromatic nitrogens is 1. The smallest absolute Gasteiger partial charge is 0.207 e. The molecule has 11 heteroatoms. The number of hydrogen-bond donors (Lipinski definition) is 3. The number of rotatable bonds is 21. The summed E-state index contributed by atoms with van der Waals surface area (Å²) in [4.78, 5) is 4.96. The lowest BCUT2D eigenvalue weighted by atomic mass is 9.77. The van der Waals surface area contributed by atoms with E-state index >= 15 is 0 Å². The third kappa shape index (κ3) is 12.6. The summed E-state index contributed by atoms with van der Waals surface area (Å²) >= 11 is 1.67. The molecule has 2 saturated carbocycles. The fourth-order valence-corrected chi connectivity index (χ4v) is 9.17. The van der Waals surface area contributed by atoms with Gasteiger partial charge >= 0.3 is 0 Å². The van der Waals surface area contributed by atoms with E-state index in [1.807, 2.05) is 36.5 Å². The van der Waals surface area contributed by atoms with Crippen LogP contribution in [-0.4, -0.2) is 61.1 Å². The number of unbranched alkanes of at least 4 members (excludes halogenated alkanes) is 3. The van der Waals surface area contributed by atoms with Gasteiger partial charge in [0.15, 0.2) is 11.8 Å². The lowest BCUT2D eigenvalue weighted by Gasteiger charge is -2.30. The number of hydrogen-bond acceptors (Lipinski definition) is 11. The van der Waals surface area contributed by atoms with E-state index < -0.39 is 0 Å². The normalized spacial score (nSPS) is 19.6. The van der Waals surface area contributed by atoms with E-state index in [1.165, 1.54) is 56.9 Å². The van der Waals surface area contributed by atoms with Crippen molar-refractivity contribution in [3.8, 4) is 17.2 Å². The number of aliphatic hydroxyl groups excluding tert-OH is 1. The molecule has 0 atom stereocenters. The van der Waals surface area contributed by atoms with E-state index in [2.05, 4.69) is 55.3 Å². The molecule has 1 aromatic heterocycles. The van der Waals surface area contributed by atoms with Gasteiger partial charge < -0.3 is 24.1 Å². The second-order valence-corrected chi connectivity index (χ2v) is 16.8. The summed E-state index contributed by atoms with van der Waals surface area (Å²) in [6.45, 7) is 6.39. The number of hydrazone groups is 1. The van der Waals surface area contributed by atoms with Crippen molar-refractivity contribution in [2.45, 2.75) is 110 Å². The molecular formula is C47H63N5O5S. The molecule has 0 radical (unpaired) electrons. The van der Waals surface area contributed by atoms with Gasteiger partial charge in [-0.2, -0.15) is 5.10 Å². The zero-order chi connectivity index (χ0) is 40.5. The highest BCUT2D eigenvalue weighted by Crippen LogP contribution is 2.39. The van der Waals surface area contributed by atoms with E-state index in [1.54, 1.807) is 11.3 Å². The molecule has 1 heterocycles. The molecule has 10 nitrogen and oxygen atoms in total. The van der Waals surface area contributed by atoms with E-state index in [4.69, 9.17) is 45.0 Å². The molecule has 0 aliphatic heterocycles. The summed E-state index contributed by atoms with van der Waals surface area (Å²) < 4.78 is 24.5. The summed E-state index contributed by atoms with van der Waals surface area (Å²) in [5.74, 6) is 3.80. The molecule has 6 rings (SSSR count). The van der Waals surface area contributed by atoms with E-state index in [9.17, 15) is 0 Å². The number of aliphatic hydroxyl groups is 1. The van der Waals surface area contributed by atoms with Gasteiger partial charge in [0.2, 0.25) is 5.13 Å². The number of anilines is 1. The van der Waals surface area contributed by atoms with Crippen LogP contribution in [0.4, 0.5) is 5.13 Å². The SMILES string of the molecule is CCCCCCN(/N=C/c1cc(C2CCC(CCC)CC2)ccc1OC(=N)C1CCC(C(=N)Oc2ccc(OCCOCCO)cc2)CC1)c1nc2ccccc2s1. The number of nitrogens with one attached hydrogen (secondary N) is 2. The van der Waals surface area contributed by atoms with E-state index in [-0.39, 0.29) is 30.2 Å². The maximum absolute atomic E-state index is 9.12. The fraction of sp³-hybridized carbons (Fsp3) is 0.532. The quantitative estimate of drug-likeness (QED) is 0.0330. The number of fused-ring (bicyclic) bond motifs is 1. The van der Waals surface area contributed by atoms with Crippen LogP contribution in [0.15, 0.2) is 71.8 Å². The maximum atomic E-state index is 9.12. The first-order chi connectivity index (χ1) is 28.4. The lowest BCUT2D eigenvalue weighted by Crippen LogP contribution is -2.30. The van der Waals surface area contributed by atoms with Crippen LogP contribution in [0.5, 0.6) is 17.2 Å². The zero-order valence-corrected chi connectivity index (χ0v) is 35.3. The first-order valence-electron chi connectivity index (χ1n) is 21.7. The van der Waals surface area contributed by atoms with Crippen molar-refractivity contribution in [1.82, 2.24) is 4.98 Å². The molecule has 3 aromatic carbocycles. The molecule has 0 unspecified atom stereocenters. The predicted octanol–water partition coefficient (Wildman–Crippen LogP) is 11.4. The molecule has 4 aromatic rings. The average Bonchev–Trinajstić information content (AvgIpc) is 3.69. The Kier molecular flexibility index (Phi) is 17.0. The third-order valence-electron chi connectivity index (χ3n) is 11.6. The van der Waals surface area contributed by atoms with Crippen molar-refractivity contribution in [2.75, 3.05) is 38.0 Å². The monoisotopic (exact) mass is 809 g/mol. The van der Waals surface area contributed by atoms with Gasteiger partial charge in [-0.05, 0) is 124 Å². The third-order valence-corrected chi connectivity index (χ3v) is 12.6. The van der Waals surface area contributed by atoms with Crippen LogP contribution in [0.25, 0.3) is 10.2 Å². The van der Waals surface area contributed by atoms with Gasteiger partial charge in [-0.15, -0.1) is 0 Å². The molecule has 312 valence electrons. The van der Waals surface area contributed by atoms with Crippen molar-refractivity contribution in [3.05, 3.63) is 77.9 Å². The summed E-state index contributed by atoms with van der Waals surface area (Å²) in [6, 6.07) is 22.0. The Bertz CT molecular complexity index is 1870. The van der Waals surface area contributed by atoms with Crippen LogP contribution in [0, 0.1) is 28.6 Å². The molecule has 0 spiro atoms. The van der Waals surface area contributed by atoms with Crippen molar-refractivity contribution in [1.29, 1.82) is 10.8 Å². The Morgan fingerprint density at radius 1 is 0.810 bits per heavy atom. The zero-order valence-electron chi connectivity index (χ0n) is 34.5. The molecule has 3 N–H and O–H groups in total. The highest BCUT2D eigenvalue weighted by Gasteiger charge is 2.30. The van der Waals surface area contributed by atoms with Gasteiger partial charge in [0.25, 0.3) is 0 Å². The average molecular weight is 810 g/mol. The van der Waals surface area contributed by atoms with Crippen molar-refractivity contribution in [2.24, 2.45) is 22.9 Å². The largest absolute Gasteiger partial charge is 0.491 e. The second kappa shape index (κ2) is 22.7. The topological polar surface area (TPSA) is 133 Å². The number of ether oxygens (including phenoxy) is 4. The highest BCUT2D eigenvalue weighted by molar-refractivity contribution is 7.22. The lowest BCUT2D eigenvalue weighted by molar-refractivity contribution is 0.0705. The molecular weight excluding hydrogens is 747 g/mol. The molecule has 0 saturated heterocycles. The minimum atomic E-state index is -0.0297. The standard InChI is InChI=1S/C47H63N5O5S/c1-3-5-6-9-27-52(47-51-42-11-7-8-12-44(42)58-47)50-33-39-32-38(35-15-13-34(10-4-2)14-16-35)21-26-43(39)57-46(49)37-19-17-36(18-20-37)45(48)56-41-24-22-40(23-25-41)55-31-30-54-29-28-53/h7-8,11-12,21-26,32-37,48-49,53H,3-6,9-10,13-20,27-31H2,1-2H3/b48-45?,49-46?,50-33+. The molecule has 58 heavy (non-hydrogen) atoms. The summed E-state index contributed by atoms with van der Waals surface area (Å²) in [7, 11) is 0. The first kappa shape index (κ1) is 43.3. The number of para-hydroxylation sites is 1.